The van der Waals surface area contributed by atoms with Gasteiger partial charge >= 0.3 is 0 Å². The van der Waals surface area contributed by atoms with Crippen LogP contribution in [-0.4, -0.2) is 31.2 Å². The molecule has 218 valence electrons. The second kappa shape index (κ2) is 24.0. The second-order valence-corrected chi connectivity index (χ2v) is 13.1. The Morgan fingerprint density at radius 3 is 1.33 bits per heavy atom. The highest BCUT2D eigenvalue weighted by Crippen LogP contribution is 2.29. The van der Waals surface area contributed by atoms with Crippen LogP contribution in [0.3, 0.4) is 0 Å². The largest absolute Gasteiger partial charge is 0.393 e. The van der Waals surface area contributed by atoms with Crippen molar-refractivity contribution in [3.8, 4) is 0 Å². The van der Waals surface area contributed by atoms with E-state index in [0.29, 0.717) is 12.7 Å². The van der Waals surface area contributed by atoms with Crippen LogP contribution in [0, 0.1) is 35.5 Å². The molecule has 0 aromatic rings. The lowest BCUT2D eigenvalue weighted by Crippen LogP contribution is -2.14. The van der Waals surface area contributed by atoms with Crippen LogP contribution in [0.25, 0.3) is 0 Å². The SMILES string of the molecule is CCCCCCCCCOCOCCCC(C)CC(C)CC(C)CC(C)CC(C)CC(C)CC(C)O. The Bertz CT molecular complexity index is 452. The zero-order valence-electron chi connectivity index (χ0n) is 26.0. The molecule has 0 saturated heterocycles. The summed E-state index contributed by atoms with van der Waals surface area (Å²) in [5.74, 6) is 4.56. The zero-order chi connectivity index (χ0) is 27.2. The van der Waals surface area contributed by atoms with E-state index in [2.05, 4.69) is 48.5 Å². The first-order valence-electron chi connectivity index (χ1n) is 16.0. The van der Waals surface area contributed by atoms with Crippen molar-refractivity contribution in [3.05, 3.63) is 0 Å². The summed E-state index contributed by atoms with van der Waals surface area (Å²) in [5, 5.41) is 9.61. The van der Waals surface area contributed by atoms with Gasteiger partial charge in [-0.15, -0.1) is 0 Å². The molecular formula is C33H68O3. The van der Waals surface area contributed by atoms with Gasteiger partial charge in [-0.2, -0.15) is 0 Å². The molecular weight excluding hydrogens is 444 g/mol. The number of ether oxygens (including phenoxy) is 2. The maximum absolute atomic E-state index is 9.61. The lowest BCUT2D eigenvalue weighted by molar-refractivity contribution is -0.0561. The van der Waals surface area contributed by atoms with Gasteiger partial charge in [0, 0.05) is 13.2 Å². The minimum Gasteiger partial charge on any atom is -0.393 e. The van der Waals surface area contributed by atoms with Crippen molar-refractivity contribution in [1.29, 1.82) is 0 Å². The molecule has 0 aliphatic rings. The fourth-order valence-electron chi connectivity index (χ4n) is 6.49. The van der Waals surface area contributed by atoms with Gasteiger partial charge < -0.3 is 14.6 Å². The summed E-state index contributed by atoms with van der Waals surface area (Å²) < 4.78 is 11.3. The first-order valence-corrected chi connectivity index (χ1v) is 16.0. The maximum Gasteiger partial charge on any atom is 0.146 e. The van der Waals surface area contributed by atoms with Crippen LogP contribution >= 0.6 is 0 Å². The van der Waals surface area contributed by atoms with Crippen LogP contribution in [-0.2, 0) is 9.47 Å². The molecule has 0 rings (SSSR count). The quantitative estimate of drug-likeness (QED) is 0.0925. The van der Waals surface area contributed by atoms with Crippen molar-refractivity contribution in [2.45, 2.75) is 158 Å². The van der Waals surface area contributed by atoms with Gasteiger partial charge in [-0.05, 0) is 100 Å². The molecule has 0 aliphatic carbocycles. The summed E-state index contributed by atoms with van der Waals surface area (Å²) in [7, 11) is 0. The number of aliphatic hydroxyl groups excluding tert-OH is 1. The Kier molecular flexibility index (Phi) is 23.9. The molecule has 1 N–H and O–H groups in total. The number of unbranched alkanes of at least 4 members (excludes halogenated alkanes) is 6. The van der Waals surface area contributed by atoms with Crippen LogP contribution in [0.5, 0.6) is 0 Å². The monoisotopic (exact) mass is 513 g/mol. The van der Waals surface area contributed by atoms with Crippen molar-refractivity contribution in [2.75, 3.05) is 20.0 Å². The van der Waals surface area contributed by atoms with E-state index in [1.54, 1.807) is 0 Å². The third-order valence-electron chi connectivity index (χ3n) is 7.81. The highest BCUT2D eigenvalue weighted by atomic mass is 16.7. The average Bonchev–Trinajstić information content (AvgIpc) is 2.75. The molecule has 0 spiro atoms. The molecule has 0 bridgehead atoms. The van der Waals surface area contributed by atoms with Crippen LogP contribution in [0.1, 0.15) is 152 Å². The van der Waals surface area contributed by atoms with E-state index in [0.717, 1.165) is 55.6 Å². The normalized spacial score (nSPS) is 17.9. The molecule has 7 unspecified atom stereocenters. The molecule has 0 aromatic heterocycles. The topological polar surface area (TPSA) is 38.7 Å². The van der Waals surface area contributed by atoms with Crippen LogP contribution in [0.15, 0.2) is 0 Å². The average molecular weight is 513 g/mol. The van der Waals surface area contributed by atoms with Gasteiger partial charge in [0.05, 0.1) is 6.10 Å². The summed E-state index contributed by atoms with van der Waals surface area (Å²) in [6.45, 7) is 20.8. The Hall–Kier alpha value is -0.120. The molecule has 7 atom stereocenters. The van der Waals surface area contributed by atoms with Gasteiger partial charge in [0.2, 0.25) is 0 Å². The summed E-state index contributed by atoms with van der Waals surface area (Å²) in [6, 6.07) is 0. The Morgan fingerprint density at radius 2 is 0.861 bits per heavy atom. The molecule has 0 radical (unpaired) electrons. The van der Waals surface area contributed by atoms with Gasteiger partial charge in [-0.1, -0.05) is 87.0 Å². The van der Waals surface area contributed by atoms with Crippen LogP contribution in [0.2, 0.25) is 0 Å². The summed E-state index contributed by atoms with van der Waals surface area (Å²) in [6.07, 6.45) is 19.1. The molecule has 0 aliphatic heterocycles. The zero-order valence-corrected chi connectivity index (χ0v) is 26.0. The van der Waals surface area contributed by atoms with Gasteiger partial charge in [0.1, 0.15) is 6.79 Å². The van der Waals surface area contributed by atoms with E-state index in [1.807, 2.05) is 6.92 Å². The standard InChI is InChI=1S/C33H68O3/c1-9-10-11-12-13-14-15-18-35-26-36-19-16-17-27(2)20-28(3)21-29(4)22-30(5)23-31(6)24-32(7)25-33(8)34/h27-34H,9-26H2,1-8H3. The maximum atomic E-state index is 9.61. The van der Waals surface area contributed by atoms with Gasteiger partial charge in [0.15, 0.2) is 0 Å². The molecule has 0 saturated carbocycles. The van der Waals surface area contributed by atoms with Gasteiger partial charge in [-0.25, -0.2) is 0 Å². The summed E-state index contributed by atoms with van der Waals surface area (Å²) in [5.41, 5.74) is 0. The highest BCUT2D eigenvalue weighted by Gasteiger charge is 2.18. The molecule has 0 aromatic carbocycles. The van der Waals surface area contributed by atoms with Crippen molar-refractivity contribution in [2.24, 2.45) is 35.5 Å². The predicted octanol–water partition coefficient (Wildman–Crippen LogP) is 10.0. The first-order chi connectivity index (χ1) is 17.1. The highest BCUT2D eigenvalue weighted by molar-refractivity contribution is 4.69. The fraction of sp³-hybridized carbons (Fsp3) is 1.00. The van der Waals surface area contributed by atoms with Crippen molar-refractivity contribution in [3.63, 3.8) is 0 Å². The lowest BCUT2D eigenvalue weighted by Gasteiger charge is -2.25. The third-order valence-corrected chi connectivity index (χ3v) is 7.81. The number of rotatable bonds is 26. The first kappa shape index (κ1) is 35.9. The summed E-state index contributed by atoms with van der Waals surface area (Å²) >= 11 is 0. The van der Waals surface area contributed by atoms with E-state index in [9.17, 15) is 5.11 Å². The predicted molar refractivity (Wildman–Crippen MR) is 158 cm³/mol. The Morgan fingerprint density at radius 1 is 0.472 bits per heavy atom. The molecule has 3 nitrogen and oxygen atoms in total. The number of aliphatic hydroxyl groups is 1. The van der Waals surface area contributed by atoms with Gasteiger partial charge in [-0.3, -0.25) is 0 Å². The summed E-state index contributed by atoms with van der Waals surface area (Å²) in [4.78, 5) is 0. The van der Waals surface area contributed by atoms with Crippen molar-refractivity contribution < 1.29 is 14.6 Å². The van der Waals surface area contributed by atoms with Gasteiger partial charge in [0.25, 0.3) is 0 Å². The van der Waals surface area contributed by atoms with E-state index >= 15 is 0 Å². The number of hydrogen-bond donors (Lipinski definition) is 1. The van der Waals surface area contributed by atoms with Crippen LogP contribution < -0.4 is 0 Å². The minimum absolute atomic E-state index is 0.167. The molecule has 3 heteroatoms. The minimum atomic E-state index is -0.167. The van der Waals surface area contributed by atoms with Crippen LogP contribution in [0.4, 0.5) is 0 Å². The van der Waals surface area contributed by atoms with E-state index in [-0.39, 0.29) is 6.10 Å². The molecule has 0 fully saturated rings. The number of hydrogen-bond acceptors (Lipinski definition) is 3. The second-order valence-electron chi connectivity index (χ2n) is 13.1. The smallest absolute Gasteiger partial charge is 0.146 e. The van der Waals surface area contributed by atoms with Crippen molar-refractivity contribution in [1.82, 2.24) is 0 Å². The van der Waals surface area contributed by atoms with E-state index < -0.39 is 0 Å². The Balaban J connectivity index is 3.72. The molecule has 0 heterocycles. The Labute approximate surface area is 227 Å². The fourth-order valence-corrected chi connectivity index (χ4v) is 6.49. The molecule has 0 amide bonds. The lowest BCUT2D eigenvalue weighted by atomic mass is 9.81. The van der Waals surface area contributed by atoms with Crippen molar-refractivity contribution >= 4 is 0 Å². The third kappa shape index (κ3) is 24.2. The van der Waals surface area contributed by atoms with E-state index in [4.69, 9.17) is 9.47 Å². The molecule has 36 heavy (non-hydrogen) atoms. The van der Waals surface area contributed by atoms with E-state index in [1.165, 1.54) is 83.5 Å².